The van der Waals surface area contributed by atoms with Crippen LogP contribution in [0.4, 0.5) is 0 Å². The minimum atomic E-state index is 0.139. The standard InChI is InChI=1S/C6H6.C4H11NO2.4C3H6/c1-2-4-6-5-3-1;6-3-1-5-2-4-7;4*1-3-2/h1-6H;5-7H,1-4H2;4*3H,1H2,2H3. The Morgan fingerprint density at radius 3 is 0.880 bits per heavy atom. The Morgan fingerprint density at radius 2 is 0.760 bits per heavy atom. The molecule has 0 saturated heterocycles. The summed E-state index contributed by atoms with van der Waals surface area (Å²) in [5.41, 5.74) is 0. The van der Waals surface area contributed by atoms with Crippen molar-refractivity contribution < 1.29 is 10.2 Å². The Labute approximate surface area is 157 Å². The zero-order valence-electron chi connectivity index (χ0n) is 16.8. The number of nitrogens with one attached hydrogen (secondary N) is 1. The van der Waals surface area contributed by atoms with Crippen molar-refractivity contribution in [3.8, 4) is 0 Å². The van der Waals surface area contributed by atoms with Crippen molar-refractivity contribution in [2.75, 3.05) is 26.3 Å². The van der Waals surface area contributed by atoms with Crippen molar-refractivity contribution >= 4 is 0 Å². The molecule has 0 aliphatic rings. The molecule has 0 heterocycles. The average molecular weight is 352 g/mol. The highest BCUT2D eigenvalue weighted by molar-refractivity contribution is 4.99. The molecule has 3 heteroatoms. The topological polar surface area (TPSA) is 52.5 Å². The lowest BCUT2D eigenvalue weighted by molar-refractivity contribution is 0.266. The van der Waals surface area contributed by atoms with E-state index in [0.717, 1.165) is 0 Å². The van der Waals surface area contributed by atoms with Crippen LogP contribution < -0.4 is 5.32 Å². The molecule has 0 atom stereocenters. The highest BCUT2D eigenvalue weighted by atomic mass is 16.3. The summed E-state index contributed by atoms with van der Waals surface area (Å²) in [5, 5.41) is 19.1. The van der Waals surface area contributed by atoms with Crippen molar-refractivity contribution in [1.82, 2.24) is 5.32 Å². The van der Waals surface area contributed by atoms with Gasteiger partial charge in [-0.1, -0.05) is 60.7 Å². The molecule has 0 bridgehead atoms. The van der Waals surface area contributed by atoms with Crippen molar-refractivity contribution in [3.05, 3.63) is 87.0 Å². The number of hydrogen-bond donors (Lipinski definition) is 3. The van der Waals surface area contributed by atoms with Crippen LogP contribution in [-0.4, -0.2) is 36.5 Å². The van der Waals surface area contributed by atoms with E-state index in [1.54, 1.807) is 24.3 Å². The second kappa shape index (κ2) is 57.4. The van der Waals surface area contributed by atoms with Crippen LogP contribution >= 0.6 is 0 Å². The highest BCUT2D eigenvalue weighted by Gasteiger charge is 1.78. The predicted molar refractivity (Wildman–Crippen MR) is 117 cm³/mol. The largest absolute Gasteiger partial charge is 0.395 e. The van der Waals surface area contributed by atoms with Gasteiger partial charge in [-0.3, -0.25) is 0 Å². The summed E-state index contributed by atoms with van der Waals surface area (Å²) in [6.45, 7) is 22.4. The monoisotopic (exact) mass is 351 g/mol. The molecule has 0 aliphatic carbocycles. The van der Waals surface area contributed by atoms with E-state index in [2.05, 4.69) is 31.6 Å². The van der Waals surface area contributed by atoms with Gasteiger partial charge in [0.2, 0.25) is 0 Å². The molecule has 0 unspecified atom stereocenters. The predicted octanol–water partition coefficient (Wildman–Crippen LogP) is 5.02. The first-order valence-corrected chi connectivity index (χ1v) is 8.28. The van der Waals surface area contributed by atoms with Crippen molar-refractivity contribution in [3.63, 3.8) is 0 Å². The van der Waals surface area contributed by atoms with Gasteiger partial charge in [-0.2, -0.15) is 0 Å². The minimum Gasteiger partial charge on any atom is -0.395 e. The summed E-state index contributed by atoms with van der Waals surface area (Å²) < 4.78 is 0. The molecular formula is C22H41NO2. The van der Waals surface area contributed by atoms with Gasteiger partial charge in [0.1, 0.15) is 0 Å². The molecule has 0 spiro atoms. The van der Waals surface area contributed by atoms with Crippen LogP contribution in [0.3, 0.4) is 0 Å². The molecule has 0 radical (unpaired) electrons. The molecule has 0 aliphatic heterocycles. The summed E-state index contributed by atoms with van der Waals surface area (Å²) in [5.74, 6) is 0. The first-order chi connectivity index (χ1) is 12.1. The summed E-state index contributed by atoms with van der Waals surface area (Å²) in [6.07, 6.45) is 7.00. The van der Waals surface area contributed by atoms with E-state index in [-0.39, 0.29) is 13.2 Å². The minimum absolute atomic E-state index is 0.139. The van der Waals surface area contributed by atoms with Gasteiger partial charge in [0, 0.05) is 13.1 Å². The maximum Gasteiger partial charge on any atom is 0.0555 e. The summed E-state index contributed by atoms with van der Waals surface area (Å²) in [6, 6.07) is 12.0. The fourth-order valence-corrected chi connectivity index (χ4v) is 0.668. The zero-order valence-corrected chi connectivity index (χ0v) is 16.8. The third kappa shape index (κ3) is 137. The Morgan fingerprint density at radius 1 is 0.600 bits per heavy atom. The Hall–Kier alpha value is -1.94. The van der Waals surface area contributed by atoms with Gasteiger partial charge >= 0.3 is 0 Å². The van der Waals surface area contributed by atoms with Gasteiger partial charge in [-0.05, 0) is 27.7 Å². The highest BCUT2D eigenvalue weighted by Crippen LogP contribution is 1.79. The lowest BCUT2D eigenvalue weighted by Crippen LogP contribution is -2.21. The SMILES string of the molecule is C=CC.C=CC.C=CC.C=CC.OCCNCCO.c1ccccc1. The Balaban J connectivity index is -0.0000000675. The first-order valence-electron chi connectivity index (χ1n) is 8.28. The number of aliphatic hydroxyl groups is 2. The molecule has 1 aromatic carbocycles. The van der Waals surface area contributed by atoms with E-state index >= 15 is 0 Å². The molecule has 25 heavy (non-hydrogen) atoms. The van der Waals surface area contributed by atoms with E-state index in [4.69, 9.17) is 10.2 Å². The second-order valence-electron chi connectivity index (χ2n) is 3.98. The third-order valence-corrected chi connectivity index (χ3v) is 1.24. The normalized spacial score (nSPS) is 6.64. The molecular weight excluding hydrogens is 310 g/mol. The fraction of sp³-hybridized carbons (Fsp3) is 0.364. The smallest absolute Gasteiger partial charge is 0.0555 e. The maximum atomic E-state index is 8.15. The number of benzene rings is 1. The van der Waals surface area contributed by atoms with Crippen LogP contribution in [0.1, 0.15) is 27.7 Å². The Kier molecular flexibility index (Phi) is 78.9. The lowest BCUT2D eigenvalue weighted by Gasteiger charge is -1.94. The van der Waals surface area contributed by atoms with Crippen LogP contribution in [0, 0.1) is 0 Å². The van der Waals surface area contributed by atoms with Crippen LogP contribution in [0.5, 0.6) is 0 Å². The van der Waals surface area contributed by atoms with Gasteiger partial charge in [0.05, 0.1) is 13.2 Å². The summed E-state index contributed by atoms with van der Waals surface area (Å²) in [4.78, 5) is 0. The third-order valence-electron chi connectivity index (χ3n) is 1.24. The molecule has 146 valence electrons. The molecule has 1 rings (SSSR count). The van der Waals surface area contributed by atoms with E-state index in [9.17, 15) is 0 Å². The average Bonchev–Trinajstić information content (AvgIpc) is 2.60. The first kappa shape index (κ1) is 34.4. The van der Waals surface area contributed by atoms with Gasteiger partial charge in [-0.15, -0.1) is 26.3 Å². The second-order valence-corrected chi connectivity index (χ2v) is 3.98. The maximum absolute atomic E-state index is 8.15. The lowest BCUT2D eigenvalue weighted by atomic mass is 10.4. The number of hydrogen-bond acceptors (Lipinski definition) is 3. The van der Waals surface area contributed by atoms with Crippen LogP contribution in [0.15, 0.2) is 87.0 Å². The van der Waals surface area contributed by atoms with Crippen LogP contribution in [0.2, 0.25) is 0 Å². The molecule has 1 aromatic rings. The molecule has 0 amide bonds. The van der Waals surface area contributed by atoms with E-state index in [1.807, 2.05) is 64.1 Å². The zero-order chi connectivity index (χ0) is 20.6. The van der Waals surface area contributed by atoms with E-state index in [1.165, 1.54) is 0 Å². The number of rotatable bonds is 4. The van der Waals surface area contributed by atoms with Crippen molar-refractivity contribution in [2.45, 2.75) is 27.7 Å². The molecule has 3 N–H and O–H groups in total. The van der Waals surface area contributed by atoms with Gasteiger partial charge in [0.15, 0.2) is 0 Å². The van der Waals surface area contributed by atoms with Gasteiger partial charge < -0.3 is 15.5 Å². The Bertz CT molecular complexity index is 256. The molecule has 3 nitrogen and oxygen atoms in total. The van der Waals surface area contributed by atoms with Crippen LogP contribution in [-0.2, 0) is 0 Å². The molecule has 0 saturated carbocycles. The summed E-state index contributed by atoms with van der Waals surface area (Å²) in [7, 11) is 0. The summed E-state index contributed by atoms with van der Waals surface area (Å²) >= 11 is 0. The number of aliphatic hydroxyl groups excluding tert-OH is 2. The van der Waals surface area contributed by atoms with Crippen molar-refractivity contribution in [1.29, 1.82) is 0 Å². The van der Waals surface area contributed by atoms with E-state index in [0.29, 0.717) is 13.1 Å². The van der Waals surface area contributed by atoms with Gasteiger partial charge in [-0.25, -0.2) is 0 Å². The van der Waals surface area contributed by atoms with Gasteiger partial charge in [0.25, 0.3) is 0 Å². The van der Waals surface area contributed by atoms with Crippen LogP contribution in [0.25, 0.3) is 0 Å². The molecule has 0 fully saturated rings. The number of allylic oxidation sites excluding steroid dienone is 4. The fourth-order valence-electron chi connectivity index (χ4n) is 0.668. The van der Waals surface area contributed by atoms with E-state index < -0.39 is 0 Å². The molecule has 0 aromatic heterocycles. The quantitative estimate of drug-likeness (QED) is 0.527. The van der Waals surface area contributed by atoms with Crippen molar-refractivity contribution in [2.24, 2.45) is 0 Å².